The van der Waals surface area contributed by atoms with Gasteiger partial charge >= 0.3 is 5.91 Å². The molecule has 3 aromatic carbocycles. The summed E-state index contributed by atoms with van der Waals surface area (Å²) in [5.41, 5.74) is 4.76. The Bertz CT molecular complexity index is 1350. The molecule has 1 aliphatic rings. The number of hydrogen-bond acceptors (Lipinski definition) is 4. The van der Waals surface area contributed by atoms with Crippen LogP contribution in [0.5, 0.6) is 0 Å². The highest BCUT2D eigenvalue weighted by atomic mass is 16.3. The van der Waals surface area contributed by atoms with Crippen LogP contribution in [0.25, 0.3) is 16.8 Å². The molecule has 6 heteroatoms. The normalized spacial score (nSPS) is 17.9. The van der Waals surface area contributed by atoms with E-state index in [0.717, 1.165) is 16.6 Å². The molecule has 1 saturated heterocycles. The van der Waals surface area contributed by atoms with Crippen molar-refractivity contribution < 1.29 is 14.7 Å². The van der Waals surface area contributed by atoms with Crippen LogP contribution in [0.3, 0.4) is 0 Å². The van der Waals surface area contributed by atoms with Gasteiger partial charge in [-0.15, -0.1) is 0 Å². The zero-order valence-corrected chi connectivity index (χ0v) is 17.7. The number of nitrogens with one attached hydrogen (secondary N) is 1. The topological polar surface area (TPSA) is 86.3 Å². The third-order valence-corrected chi connectivity index (χ3v) is 5.77. The summed E-state index contributed by atoms with van der Waals surface area (Å²) in [4.78, 5) is 35.4. The van der Waals surface area contributed by atoms with Crippen molar-refractivity contribution in [3.05, 3.63) is 101 Å². The molecule has 0 aliphatic carbocycles. The number of benzene rings is 3. The summed E-state index contributed by atoms with van der Waals surface area (Å²) < 4.78 is 0. The number of anilines is 1. The molecule has 1 unspecified atom stereocenters. The van der Waals surface area contributed by atoms with Crippen LogP contribution in [0.15, 0.2) is 78.4 Å². The Morgan fingerprint density at radius 3 is 2.19 bits per heavy atom. The van der Waals surface area contributed by atoms with Crippen LogP contribution in [0.2, 0.25) is 0 Å². The number of Topliss-reactive ketones (excluding diaryl/α,β-unsaturated/α-hetero) is 1. The maximum Gasteiger partial charge on any atom is 0.302 e. The van der Waals surface area contributed by atoms with E-state index in [1.165, 1.54) is 4.90 Å². The minimum absolute atomic E-state index is 0.0446. The van der Waals surface area contributed by atoms with E-state index in [-0.39, 0.29) is 17.3 Å². The summed E-state index contributed by atoms with van der Waals surface area (Å²) in [6.45, 7) is 3.91. The molecule has 1 atom stereocenters. The number of aromatic nitrogens is 2. The molecule has 0 spiro atoms. The summed E-state index contributed by atoms with van der Waals surface area (Å²) in [5.74, 6) is -1.41. The maximum atomic E-state index is 13.2. The number of hydrogen-bond donors (Lipinski definition) is 2. The maximum absolute atomic E-state index is 13.2. The fraction of sp³-hybridized carbons (Fsp3) is 0.115. The Hall–Kier alpha value is -4.19. The molecule has 1 aliphatic heterocycles. The average molecular weight is 423 g/mol. The first-order valence-electron chi connectivity index (χ1n) is 10.3. The van der Waals surface area contributed by atoms with Crippen molar-refractivity contribution in [2.45, 2.75) is 19.9 Å². The largest absolute Gasteiger partial charge is 0.507 e. The van der Waals surface area contributed by atoms with Crippen LogP contribution in [0.1, 0.15) is 28.3 Å². The lowest BCUT2D eigenvalue weighted by molar-refractivity contribution is -0.132. The summed E-state index contributed by atoms with van der Waals surface area (Å²) in [5, 5.41) is 11.1. The number of nitrogens with zero attached hydrogens (tertiary/aromatic N) is 2. The van der Waals surface area contributed by atoms with E-state index in [1.54, 1.807) is 12.1 Å². The molecule has 0 bridgehead atoms. The molecule has 4 aromatic rings. The quantitative estimate of drug-likeness (QED) is 0.281. The van der Waals surface area contributed by atoms with Crippen LogP contribution in [-0.2, 0) is 9.59 Å². The number of aromatic amines is 1. The van der Waals surface area contributed by atoms with Crippen molar-refractivity contribution in [1.82, 2.24) is 9.97 Å². The number of aliphatic hydroxyl groups is 1. The molecule has 158 valence electrons. The fourth-order valence-electron chi connectivity index (χ4n) is 4.04. The number of para-hydroxylation sites is 2. The molecule has 6 nitrogen and oxygen atoms in total. The molecule has 5 rings (SSSR count). The predicted molar refractivity (Wildman–Crippen MR) is 123 cm³/mol. The van der Waals surface area contributed by atoms with E-state index in [1.807, 2.05) is 74.5 Å². The van der Waals surface area contributed by atoms with Crippen molar-refractivity contribution in [1.29, 1.82) is 0 Å². The highest BCUT2D eigenvalue weighted by Gasteiger charge is 2.48. The zero-order valence-electron chi connectivity index (χ0n) is 17.7. The first kappa shape index (κ1) is 19.8. The van der Waals surface area contributed by atoms with Crippen LogP contribution in [0, 0.1) is 13.8 Å². The number of rotatable bonds is 3. The first-order chi connectivity index (χ1) is 15.4. The van der Waals surface area contributed by atoms with Crippen LogP contribution in [-0.4, -0.2) is 26.8 Å². The number of ketones is 1. The second kappa shape index (κ2) is 7.50. The SMILES string of the molecule is Cc1ccc(C(O)=C2C(=O)C(=O)N(c3nc4ccccc4[nH]3)C2c2ccc(C)cc2)cc1. The van der Waals surface area contributed by atoms with E-state index >= 15 is 0 Å². The number of fused-ring (bicyclic) bond motifs is 1. The Labute approximate surface area is 184 Å². The zero-order chi connectivity index (χ0) is 22.4. The monoisotopic (exact) mass is 423 g/mol. The van der Waals surface area contributed by atoms with Crippen molar-refractivity contribution in [2.24, 2.45) is 0 Å². The number of H-pyrrole nitrogens is 1. The summed E-state index contributed by atoms with van der Waals surface area (Å²) in [7, 11) is 0. The number of imidazole rings is 1. The number of carbonyl (C=O) groups is 2. The second-order valence-electron chi connectivity index (χ2n) is 8.02. The predicted octanol–water partition coefficient (Wildman–Crippen LogP) is 4.81. The fourth-order valence-corrected chi connectivity index (χ4v) is 4.04. The van der Waals surface area contributed by atoms with Crippen LogP contribution in [0.4, 0.5) is 5.95 Å². The Kier molecular flexibility index (Phi) is 4.63. The van der Waals surface area contributed by atoms with Crippen molar-refractivity contribution >= 4 is 34.4 Å². The van der Waals surface area contributed by atoms with E-state index < -0.39 is 17.7 Å². The Morgan fingerprint density at radius 1 is 0.906 bits per heavy atom. The van der Waals surface area contributed by atoms with Gasteiger partial charge in [0.05, 0.1) is 22.6 Å². The number of amides is 1. The average Bonchev–Trinajstić information content (AvgIpc) is 3.33. The molecule has 1 aromatic heterocycles. The van der Waals surface area contributed by atoms with Gasteiger partial charge in [0.15, 0.2) is 0 Å². The van der Waals surface area contributed by atoms with Gasteiger partial charge in [0, 0.05) is 5.56 Å². The van der Waals surface area contributed by atoms with Gasteiger partial charge in [-0.05, 0) is 31.5 Å². The van der Waals surface area contributed by atoms with Gasteiger partial charge in [0.1, 0.15) is 5.76 Å². The number of carbonyl (C=O) groups excluding carboxylic acids is 2. The van der Waals surface area contributed by atoms with Gasteiger partial charge in [-0.25, -0.2) is 4.98 Å². The smallest absolute Gasteiger partial charge is 0.302 e. The van der Waals surface area contributed by atoms with Crippen molar-refractivity contribution in [3.8, 4) is 0 Å². The summed E-state index contributed by atoms with van der Waals surface area (Å²) in [6, 6.07) is 21.4. The third-order valence-electron chi connectivity index (χ3n) is 5.77. The molecule has 2 heterocycles. The summed E-state index contributed by atoms with van der Waals surface area (Å²) in [6.07, 6.45) is 0. The highest BCUT2D eigenvalue weighted by molar-refractivity contribution is 6.51. The van der Waals surface area contributed by atoms with Gasteiger partial charge in [-0.2, -0.15) is 0 Å². The molecular formula is C26H21N3O3. The second-order valence-corrected chi connectivity index (χ2v) is 8.02. The molecular weight excluding hydrogens is 402 g/mol. The standard InChI is InChI=1S/C26H21N3O3/c1-15-7-11-17(12-8-15)22-21(23(30)18-13-9-16(2)10-14-18)24(31)25(32)29(22)26-27-19-5-3-4-6-20(19)28-26/h3-14,22,30H,1-2H3,(H,27,28). The molecule has 1 fully saturated rings. The molecule has 0 radical (unpaired) electrons. The van der Waals surface area contributed by atoms with Gasteiger partial charge < -0.3 is 10.1 Å². The molecule has 0 saturated carbocycles. The van der Waals surface area contributed by atoms with Crippen molar-refractivity contribution in [3.63, 3.8) is 0 Å². The van der Waals surface area contributed by atoms with E-state index in [2.05, 4.69) is 9.97 Å². The van der Waals surface area contributed by atoms with Gasteiger partial charge in [0.2, 0.25) is 5.95 Å². The molecule has 2 N–H and O–H groups in total. The number of aryl methyl sites for hydroxylation is 2. The lowest BCUT2D eigenvalue weighted by atomic mass is 9.94. The van der Waals surface area contributed by atoms with Crippen LogP contribution < -0.4 is 4.90 Å². The summed E-state index contributed by atoms with van der Waals surface area (Å²) >= 11 is 0. The van der Waals surface area contributed by atoms with Gasteiger partial charge in [-0.3, -0.25) is 14.5 Å². The van der Waals surface area contributed by atoms with Crippen molar-refractivity contribution in [2.75, 3.05) is 4.90 Å². The van der Waals surface area contributed by atoms with E-state index in [4.69, 9.17) is 0 Å². The van der Waals surface area contributed by atoms with Gasteiger partial charge in [-0.1, -0.05) is 71.8 Å². The molecule has 32 heavy (non-hydrogen) atoms. The van der Waals surface area contributed by atoms with Crippen LogP contribution >= 0.6 is 0 Å². The Balaban J connectivity index is 1.73. The highest BCUT2D eigenvalue weighted by Crippen LogP contribution is 2.41. The Morgan fingerprint density at radius 2 is 1.53 bits per heavy atom. The minimum Gasteiger partial charge on any atom is -0.507 e. The third kappa shape index (κ3) is 3.17. The number of aliphatic hydroxyl groups excluding tert-OH is 1. The molecule has 1 amide bonds. The van der Waals surface area contributed by atoms with E-state index in [9.17, 15) is 14.7 Å². The lowest BCUT2D eigenvalue weighted by Crippen LogP contribution is -2.30. The first-order valence-corrected chi connectivity index (χ1v) is 10.3. The van der Waals surface area contributed by atoms with Gasteiger partial charge in [0.25, 0.3) is 5.78 Å². The lowest BCUT2D eigenvalue weighted by Gasteiger charge is -2.23. The van der Waals surface area contributed by atoms with E-state index in [0.29, 0.717) is 16.6 Å². The minimum atomic E-state index is -0.808.